The van der Waals surface area contributed by atoms with Gasteiger partial charge in [-0.1, -0.05) is 6.07 Å². The second kappa shape index (κ2) is 3.45. The average molecular weight is 224 g/mol. The van der Waals surface area contributed by atoms with Gasteiger partial charge in [-0.15, -0.1) is 0 Å². The second-order valence-electron chi connectivity index (χ2n) is 4.26. The first-order valence-corrected chi connectivity index (χ1v) is 5.53. The van der Waals surface area contributed by atoms with Crippen LogP contribution in [0.2, 0.25) is 0 Å². The second-order valence-corrected chi connectivity index (χ2v) is 4.26. The van der Waals surface area contributed by atoms with Crippen molar-refractivity contribution >= 4 is 22.3 Å². The van der Waals surface area contributed by atoms with E-state index < -0.39 is 0 Å². The van der Waals surface area contributed by atoms with E-state index in [-0.39, 0.29) is 0 Å². The first-order valence-electron chi connectivity index (χ1n) is 5.53. The average Bonchev–Trinajstić information content (AvgIpc) is 2.28. The maximum Gasteiger partial charge on any atom is 0.198 e. The maximum atomic E-state index is 4.50. The van der Waals surface area contributed by atoms with E-state index in [1.54, 1.807) is 0 Å². The number of aryl methyl sites for hydroxylation is 3. The summed E-state index contributed by atoms with van der Waals surface area (Å²) in [7, 11) is 0. The molecule has 0 unspecified atom stereocenters. The standard InChI is InChI=1S/C13H12N4/c1-7-4-5-10-11(6-7)17-13-12(16-10)14-8(2)9(3)15-13/h4-6H,1-3H3. The van der Waals surface area contributed by atoms with Crippen molar-refractivity contribution in [3.63, 3.8) is 0 Å². The van der Waals surface area contributed by atoms with Crippen LogP contribution in [0.15, 0.2) is 18.2 Å². The normalized spacial score (nSPS) is 11.2. The van der Waals surface area contributed by atoms with Crippen LogP contribution in [0.4, 0.5) is 0 Å². The van der Waals surface area contributed by atoms with Gasteiger partial charge in [0, 0.05) is 0 Å². The third-order valence-electron chi connectivity index (χ3n) is 2.85. The molecule has 2 heterocycles. The fraction of sp³-hybridized carbons (Fsp3) is 0.231. The summed E-state index contributed by atoms with van der Waals surface area (Å²) < 4.78 is 0. The van der Waals surface area contributed by atoms with Gasteiger partial charge in [-0.3, -0.25) is 0 Å². The van der Waals surface area contributed by atoms with Gasteiger partial charge in [0.1, 0.15) is 0 Å². The Labute approximate surface area is 98.8 Å². The Morgan fingerprint density at radius 2 is 1.29 bits per heavy atom. The van der Waals surface area contributed by atoms with Crippen molar-refractivity contribution in [1.29, 1.82) is 0 Å². The molecule has 84 valence electrons. The van der Waals surface area contributed by atoms with Crippen molar-refractivity contribution < 1.29 is 0 Å². The first kappa shape index (κ1) is 10.1. The van der Waals surface area contributed by atoms with Crippen molar-refractivity contribution in [3.8, 4) is 0 Å². The van der Waals surface area contributed by atoms with E-state index in [0.29, 0.717) is 11.3 Å². The minimum Gasteiger partial charge on any atom is -0.229 e. The molecule has 0 fully saturated rings. The lowest BCUT2D eigenvalue weighted by Crippen LogP contribution is -1.98. The zero-order valence-corrected chi connectivity index (χ0v) is 10.0. The molecular formula is C13H12N4. The van der Waals surface area contributed by atoms with Crippen LogP contribution in [0.1, 0.15) is 17.0 Å². The van der Waals surface area contributed by atoms with Crippen LogP contribution in [0.3, 0.4) is 0 Å². The van der Waals surface area contributed by atoms with Crippen molar-refractivity contribution in [1.82, 2.24) is 19.9 Å². The Bertz CT molecular complexity index is 734. The number of hydrogen-bond donors (Lipinski definition) is 0. The van der Waals surface area contributed by atoms with Crippen molar-refractivity contribution in [2.45, 2.75) is 20.8 Å². The molecule has 3 rings (SSSR count). The highest BCUT2D eigenvalue weighted by molar-refractivity contribution is 5.82. The molecule has 0 atom stereocenters. The maximum absolute atomic E-state index is 4.50. The van der Waals surface area contributed by atoms with E-state index in [0.717, 1.165) is 22.4 Å². The molecule has 0 saturated carbocycles. The van der Waals surface area contributed by atoms with E-state index in [1.807, 2.05) is 39.0 Å². The third-order valence-corrected chi connectivity index (χ3v) is 2.85. The fourth-order valence-electron chi connectivity index (χ4n) is 1.78. The lowest BCUT2D eigenvalue weighted by atomic mass is 10.2. The summed E-state index contributed by atoms with van der Waals surface area (Å²) in [6.45, 7) is 5.91. The van der Waals surface area contributed by atoms with Gasteiger partial charge >= 0.3 is 0 Å². The molecule has 0 saturated heterocycles. The Kier molecular flexibility index (Phi) is 2.04. The van der Waals surface area contributed by atoms with Crippen molar-refractivity contribution in [2.75, 3.05) is 0 Å². The Hall–Kier alpha value is -2.10. The summed E-state index contributed by atoms with van der Waals surface area (Å²) >= 11 is 0. The fourth-order valence-corrected chi connectivity index (χ4v) is 1.78. The molecule has 3 aromatic rings. The molecule has 0 radical (unpaired) electrons. The third kappa shape index (κ3) is 1.62. The molecule has 2 aromatic heterocycles. The highest BCUT2D eigenvalue weighted by Gasteiger charge is 2.06. The zero-order chi connectivity index (χ0) is 12.0. The highest BCUT2D eigenvalue weighted by atomic mass is 15.0. The first-order chi connectivity index (χ1) is 8.13. The molecule has 17 heavy (non-hydrogen) atoms. The summed E-state index contributed by atoms with van der Waals surface area (Å²) in [5.74, 6) is 0. The summed E-state index contributed by atoms with van der Waals surface area (Å²) in [6, 6.07) is 6.00. The van der Waals surface area contributed by atoms with Crippen molar-refractivity contribution in [3.05, 3.63) is 35.2 Å². The van der Waals surface area contributed by atoms with Crippen molar-refractivity contribution in [2.24, 2.45) is 0 Å². The Morgan fingerprint density at radius 3 is 1.94 bits per heavy atom. The number of hydrogen-bond acceptors (Lipinski definition) is 4. The SMILES string of the molecule is Cc1ccc2nc3nc(C)c(C)nc3nc2c1. The summed E-state index contributed by atoms with van der Waals surface area (Å²) in [4.78, 5) is 17.8. The minimum atomic E-state index is 0.615. The largest absolute Gasteiger partial charge is 0.229 e. The van der Waals surface area contributed by atoms with Gasteiger partial charge in [-0.25, -0.2) is 19.9 Å². The van der Waals surface area contributed by atoms with Gasteiger partial charge in [0.2, 0.25) is 0 Å². The lowest BCUT2D eigenvalue weighted by molar-refractivity contribution is 1.07. The molecule has 1 aromatic carbocycles. The minimum absolute atomic E-state index is 0.615. The van der Waals surface area contributed by atoms with Crippen LogP contribution in [-0.2, 0) is 0 Å². The van der Waals surface area contributed by atoms with Gasteiger partial charge < -0.3 is 0 Å². The van der Waals surface area contributed by atoms with Crippen LogP contribution in [0.25, 0.3) is 22.3 Å². The molecule has 0 spiro atoms. The Morgan fingerprint density at radius 1 is 0.706 bits per heavy atom. The predicted molar refractivity (Wildman–Crippen MR) is 66.8 cm³/mol. The summed E-state index contributed by atoms with van der Waals surface area (Å²) in [6.07, 6.45) is 0. The molecule has 0 aliphatic carbocycles. The van der Waals surface area contributed by atoms with E-state index in [2.05, 4.69) is 19.9 Å². The molecule has 4 nitrogen and oxygen atoms in total. The molecule has 0 bridgehead atoms. The summed E-state index contributed by atoms with van der Waals surface area (Å²) in [5.41, 5.74) is 5.94. The number of aromatic nitrogens is 4. The van der Waals surface area contributed by atoms with E-state index >= 15 is 0 Å². The smallest absolute Gasteiger partial charge is 0.198 e. The van der Waals surface area contributed by atoms with Crippen LogP contribution in [0, 0.1) is 20.8 Å². The quantitative estimate of drug-likeness (QED) is 0.550. The zero-order valence-electron chi connectivity index (χ0n) is 10.0. The molecular weight excluding hydrogens is 212 g/mol. The van der Waals surface area contributed by atoms with Crippen LogP contribution >= 0.6 is 0 Å². The van der Waals surface area contributed by atoms with Gasteiger partial charge in [0.15, 0.2) is 11.3 Å². The number of rotatable bonds is 0. The number of fused-ring (bicyclic) bond motifs is 2. The Balaban J connectivity index is 2.43. The van der Waals surface area contributed by atoms with Gasteiger partial charge in [0.05, 0.1) is 22.4 Å². The lowest BCUT2D eigenvalue weighted by Gasteiger charge is -2.03. The van der Waals surface area contributed by atoms with Crippen LogP contribution in [0.5, 0.6) is 0 Å². The summed E-state index contributed by atoms with van der Waals surface area (Å²) in [5, 5.41) is 0. The molecule has 0 N–H and O–H groups in total. The van der Waals surface area contributed by atoms with Gasteiger partial charge in [0.25, 0.3) is 0 Å². The topological polar surface area (TPSA) is 51.6 Å². The number of nitrogens with zero attached hydrogens (tertiary/aromatic N) is 4. The molecule has 0 aliphatic heterocycles. The monoisotopic (exact) mass is 224 g/mol. The number of benzene rings is 1. The van der Waals surface area contributed by atoms with Gasteiger partial charge in [-0.2, -0.15) is 0 Å². The predicted octanol–water partition coefficient (Wildman–Crippen LogP) is 2.50. The van der Waals surface area contributed by atoms with Crippen LogP contribution in [-0.4, -0.2) is 19.9 Å². The van der Waals surface area contributed by atoms with E-state index in [1.165, 1.54) is 5.56 Å². The van der Waals surface area contributed by atoms with E-state index in [4.69, 9.17) is 0 Å². The molecule has 0 aliphatic rings. The highest BCUT2D eigenvalue weighted by Crippen LogP contribution is 2.15. The molecule has 4 heteroatoms. The van der Waals surface area contributed by atoms with E-state index in [9.17, 15) is 0 Å². The van der Waals surface area contributed by atoms with Gasteiger partial charge in [-0.05, 0) is 38.5 Å². The molecule has 0 amide bonds. The van der Waals surface area contributed by atoms with Crippen LogP contribution < -0.4 is 0 Å².